The molecule has 3 heteroatoms. The van der Waals surface area contributed by atoms with Gasteiger partial charge in [0.2, 0.25) is 0 Å². The lowest BCUT2D eigenvalue weighted by atomic mass is 9.81. The normalized spacial score (nSPS) is 20.4. The van der Waals surface area contributed by atoms with Crippen LogP contribution in [0.4, 0.5) is 0 Å². The second kappa shape index (κ2) is 4.61. The SMILES string of the molecule is O=C(O)C1(CCCCO)CCCC1. The summed E-state index contributed by atoms with van der Waals surface area (Å²) in [5.74, 6) is -0.636. The number of hydrogen-bond donors (Lipinski definition) is 2. The van der Waals surface area contributed by atoms with Gasteiger partial charge in [0, 0.05) is 6.61 Å². The van der Waals surface area contributed by atoms with Crippen LogP contribution in [0, 0.1) is 5.41 Å². The molecule has 0 saturated heterocycles. The van der Waals surface area contributed by atoms with E-state index in [1.807, 2.05) is 0 Å². The van der Waals surface area contributed by atoms with Gasteiger partial charge in [-0.3, -0.25) is 4.79 Å². The molecular weight excluding hydrogens is 168 g/mol. The lowest BCUT2D eigenvalue weighted by Crippen LogP contribution is -2.27. The summed E-state index contributed by atoms with van der Waals surface area (Å²) in [7, 11) is 0. The van der Waals surface area contributed by atoms with Crippen molar-refractivity contribution in [1.29, 1.82) is 0 Å². The molecule has 0 bridgehead atoms. The third kappa shape index (κ3) is 2.44. The molecule has 0 aromatic rings. The molecule has 1 aliphatic carbocycles. The monoisotopic (exact) mass is 186 g/mol. The Hall–Kier alpha value is -0.570. The van der Waals surface area contributed by atoms with Gasteiger partial charge in [-0.05, 0) is 25.7 Å². The van der Waals surface area contributed by atoms with Gasteiger partial charge in [0.05, 0.1) is 5.41 Å². The van der Waals surface area contributed by atoms with Crippen molar-refractivity contribution >= 4 is 5.97 Å². The molecule has 0 aromatic heterocycles. The van der Waals surface area contributed by atoms with Crippen molar-refractivity contribution in [1.82, 2.24) is 0 Å². The molecule has 1 aliphatic rings. The quantitative estimate of drug-likeness (QED) is 0.643. The van der Waals surface area contributed by atoms with E-state index in [-0.39, 0.29) is 6.61 Å². The summed E-state index contributed by atoms with van der Waals surface area (Å²) in [4.78, 5) is 11.1. The van der Waals surface area contributed by atoms with Crippen LogP contribution >= 0.6 is 0 Å². The third-order valence-electron chi connectivity index (χ3n) is 3.08. The van der Waals surface area contributed by atoms with Gasteiger partial charge in [0.1, 0.15) is 0 Å². The van der Waals surface area contributed by atoms with Gasteiger partial charge in [-0.2, -0.15) is 0 Å². The van der Waals surface area contributed by atoms with E-state index in [1.54, 1.807) is 0 Å². The Kier molecular flexibility index (Phi) is 3.72. The van der Waals surface area contributed by atoms with E-state index in [0.29, 0.717) is 0 Å². The number of carboxylic acids is 1. The van der Waals surface area contributed by atoms with Gasteiger partial charge in [-0.1, -0.05) is 19.3 Å². The zero-order valence-corrected chi connectivity index (χ0v) is 7.96. The number of aliphatic hydroxyl groups excluding tert-OH is 1. The zero-order chi connectivity index (χ0) is 9.73. The van der Waals surface area contributed by atoms with E-state index >= 15 is 0 Å². The van der Waals surface area contributed by atoms with Gasteiger partial charge in [-0.15, -0.1) is 0 Å². The largest absolute Gasteiger partial charge is 0.481 e. The molecule has 1 rings (SSSR count). The summed E-state index contributed by atoms with van der Waals surface area (Å²) in [6, 6.07) is 0. The van der Waals surface area contributed by atoms with Gasteiger partial charge >= 0.3 is 5.97 Å². The highest BCUT2D eigenvalue weighted by Crippen LogP contribution is 2.42. The van der Waals surface area contributed by atoms with Crippen LogP contribution in [0.25, 0.3) is 0 Å². The Labute approximate surface area is 78.8 Å². The fraction of sp³-hybridized carbons (Fsp3) is 0.900. The minimum atomic E-state index is -0.636. The summed E-state index contributed by atoms with van der Waals surface area (Å²) < 4.78 is 0. The number of rotatable bonds is 5. The molecule has 0 radical (unpaired) electrons. The lowest BCUT2D eigenvalue weighted by Gasteiger charge is -2.23. The molecule has 0 heterocycles. The Balaban J connectivity index is 2.43. The van der Waals surface area contributed by atoms with Crippen LogP contribution in [0.2, 0.25) is 0 Å². The Bertz CT molecular complexity index is 171. The maximum absolute atomic E-state index is 11.1. The highest BCUT2D eigenvalue weighted by molar-refractivity contribution is 5.74. The standard InChI is InChI=1S/C10H18O3/c11-8-4-3-7-10(9(12)13)5-1-2-6-10/h11H,1-8H2,(H,12,13). The van der Waals surface area contributed by atoms with Crippen molar-refractivity contribution < 1.29 is 15.0 Å². The van der Waals surface area contributed by atoms with Crippen molar-refractivity contribution in [2.75, 3.05) is 6.61 Å². The van der Waals surface area contributed by atoms with Gasteiger partial charge < -0.3 is 10.2 Å². The molecule has 13 heavy (non-hydrogen) atoms. The zero-order valence-electron chi connectivity index (χ0n) is 7.96. The molecule has 0 amide bonds. The van der Waals surface area contributed by atoms with E-state index in [1.165, 1.54) is 0 Å². The number of aliphatic carboxylic acids is 1. The number of aliphatic hydroxyl groups is 1. The predicted octanol–water partition coefficient (Wildman–Crippen LogP) is 1.79. The average molecular weight is 186 g/mol. The highest BCUT2D eigenvalue weighted by atomic mass is 16.4. The Morgan fingerprint density at radius 3 is 2.31 bits per heavy atom. The molecule has 0 unspecified atom stereocenters. The van der Waals surface area contributed by atoms with Crippen molar-refractivity contribution in [2.24, 2.45) is 5.41 Å². The first-order valence-corrected chi connectivity index (χ1v) is 5.05. The minimum Gasteiger partial charge on any atom is -0.481 e. The van der Waals surface area contributed by atoms with Gasteiger partial charge in [0.25, 0.3) is 0 Å². The molecule has 0 spiro atoms. The predicted molar refractivity (Wildman–Crippen MR) is 49.5 cm³/mol. The van der Waals surface area contributed by atoms with Crippen LogP contribution in [0.5, 0.6) is 0 Å². The van der Waals surface area contributed by atoms with Crippen molar-refractivity contribution in [3.63, 3.8) is 0 Å². The average Bonchev–Trinajstić information content (AvgIpc) is 2.55. The number of carbonyl (C=O) groups is 1. The van der Waals surface area contributed by atoms with E-state index in [9.17, 15) is 4.79 Å². The number of hydrogen-bond acceptors (Lipinski definition) is 2. The molecule has 1 fully saturated rings. The van der Waals surface area contributed by atoms with Gasteiger partial charge in [-0.25, -0.2) is 0 Å². The summed E-state index contributed by atoms with van der Waals surface area (Å²) >= 11 is 0. The second-order valence-corrected chi connectivity index (χ2v) is 3.97. The van der Waals surface area contributed by atoms with Crippen molar-refractivity contribution in [2.45, 2.75) is 44.9 Å². The van der Waals surface area contributed by atoms with E-state index in [2.05, 4.69) is 0 Å². The third-order valence-corrected chi connectivity index (χ3v) is 3.08. The van der Waals surface area contributed by atoms with Gasteiger partial charge in [0.15, 0.2) is 0 Å². The first-order valence-electron chi connectivity index (χ1n) is 5.05. The summed E-state index contributed by atoms with van der Waals surface area (Å²) in [6.07, 6.45) is 6.05. The molecule has 0 atom stereocenters. The Morgan fingerprint density at radius 2 is 1.85 bits per heavy atom. The van der Waals surface area contributed by atoms with Crippen LogP contribution in [0.1, 0.15) is 44.9 Å². The first-order chi connectivity index (χ1) is 6.21. The topological polar surface area (TPSA) is 57.5 Å². The maximum atomic E-state index is 11.1. The molecule has 76 valence electrons. The summed E-state index contributed by atoms with van der Waals surface area (Å²) in [6.45, 7) is 0.176. The summed E-state index contributed by atoms with van der Waals surface area (Å²) in [5.41, 5.74) is -0.449. The van der Waals surface area contributed by atoms with E-state index in [4.69, 9.17) is 10.2 Å². The summed E-state index contributed by atoms with van der Waals surface area (Å²) in [5, 5.41) is 17.7. The number of carboxylic acid groups (broad SMARTS) is 1. The smallest absolute Gasteiger partial charge is 0.309 e. The first kappa shape index (κ1) is 10.5. The second-order valence-electron chi connectivity index (χ2n) is 3.97. The molecule has 0 aromatic carbocycles. The molecule has 3 nitrogen and oxygen atoms in total. The molecular formula is C10H18O3. The molecule has 0 aliphatic heterocycles. The maximum Gasteiger partial charge on any atom is 0.309 e. The number of unbranched alkanes of at least 4 members (excludes halogenated alkanes) is 1. The van der Waals surface area contributed by atoms with Crippen LogP contribution < -0.4 is 0 Å². The van der Waals surface area contributed by atoms with E-state index in [0.717, 1.165) is 44.9 Å². The van der Waals surface area contributed by atoms with Crippen LogP contribution in [-0.2, 0) is 4.79 Å². The van der Waals surface area contributed by atoms with Crippen molar-refractivity contribution in [3.8, 4) is 0 Å². The fourth-order valence-corrected chi connectivity index (χ4v) is 2.20. The Morgan fingerprint density at radius 1 is 1.23 bits per heavy atom. The lowest BCUT2D eigenvalue weighted by molar-refractivity contribution is -0.149. The molecule has 1 saturated carbocycles. The minimum absolute atomic E-state index is 0.176. The fourth-order valence-electron chi connectivity index (χ4n) is 2.20. The van der Waals surface area contributed by atoms with Crippen LogP contribution in [0.3, 0.4) is 0 Å². The highest BCUT2D eigenvalue weighted by Gasteiger charge is 2.40. The van der Waals surface area contributed by atoms with Crippen LogP contribution in [0.15, 0.2) is 0 Å². The van der Waals surface area contributed by atoms with Crippen LogP contribution in [-0.4, -0.2) is 22.8 Å². The van der Waals surface area contributed by atoms with Crippen molar-refractivity contribution in [3.05, 3.63) is 0 Å². The molecule has 2 N–H and O–H groups in total. The van der Waals surface area contributed by atoms with E-state index < -0.39 is 11.4 Å².